The number of hydrogen-bond acceptors (Lipinski definition) is 3. The molecule has 2 atom stereocenters. The second-order valence-electron chi connectivity index (χ2n) is 4.22. The molecule has 0 bridgehead atoms. The molecule has 0 saturated carbocycles. The van der Waals surface area contributed by atoms with E-state index in [0.29, 0.717) is 18.5 Å². The van der Waals surface area contributed by atoms with E-state index in [1.54, 1.807) is 18.3 Å². The summed E-state index contributed by atoms with van der Waals surface area (Å²) in [6.07, 6.45) is 7.68. The molecule has 5 nitrogen and oxygen atoms in total. The second kappa shape index (κ2) is 5.44. The summed E-state index contributed by atoms with van der Waals surface area (Å²) in [5.41, 5.74) is 0.584. The number of nitrogens with one attached hydrogen (secondary N) is 1. The molecule has 1 heterocycles. The van der Waals surface area contributed by atoms with Gasteiger partial charge in [-0.2, -0.15) is 0 Å². The first-order valence-corrected chi connectivity index (χ1v) is 5.77. The van der Waals surface area contributed by atoms with Crippen molar-refractivity contribution in [3.8, 4) is 0 Å². The van der Waals surface area contributed by atoms with E-state index in [-0.39, 0.29) is 5.91 Å². The van der Waals surface area contributed by atoms with Gasteiger partial charge in [-0.1, -0.05) is 12.2 Å². The van der Waals surface area contributed by atoms with Crippen molar-refractivity contribution in [3.05, 3.63) is 36.7 Å². The van der Waals surface area contributed by atoms with Gasteiger partial charge in [0.25, 0.3) is 0 Å². The van der Waals surface area contributed by atoms with Crippen LogP contribution < -0.4 is 5.32 Å². The summed E-state index contributed by atoms with van der Waals surface area (Å²) < 4.78 is 0. The van der Waals surface area contributed by atoms with Crippen LogP contribution in [-0.4, -0.2) is 22.0 Å². The van der Waals surface area contributed by atoms with E-state index < -0.39 is 17.8 Å². The fraction of sp³-hybridized carbons (Fsp3) is 0.308. The third kappa shape index (κ3) is 2.74. The summed E-state index contributed by atoms with van der Waals surface area (Å²) in [4.78, 5) is 27.0. The van der Waals surface area contributed by atoms with Gasteiger partial charge in [-0.15, -0.1) is 0 Å². The smallest absolute Gasteiger partial charge is 0.307 e. The number of carboxylic acids is 1. The first-order valence-electron chi connectivity index (χ1n) is 5.77. The Kier molecular flexibility index (Phi) is 3.72. The Morgan fingerprint density at radius 3 is 2.61 bits per heavy atom. The highest BCUT2D eigenvalue weighted by Crippen LogP contribution is 2.27. The van der Waals surface area contributed by atoms with E-state index >= 15 is 0 Å². The van der Waals surface area contributed by atoms with Crippen molar-refractivity contribution in [2.45, 2.75) is 12.8 Å². The molecule has 0 unspecified atom stereocenters. The van der Waals surface area contributed by atoms with Crippen molar-refractivity contribution < 1.29 is 14.7 Å². The molecule has 0 aromatic carbocycles. The highest BCUT2D eigenvalue weighted by atomic mass is 16.4. The minimum absolute atomic E-state index is 0.264. The SMILES string of the molecule is O=C(O)[C@H]1CC=CC[C@H]1C(=O)Nc1cccnc1. The van der Waals surface area contributed by atoms with Crippen molar-refractivity contribution >= 4 is 17.6 Å². The summed E-state index contributed by atoms with van der Waals surface area (Å²) in [6.45, 7) is 0. The number of carbonyl (C=O) groups is 2. The Labute approximate surface area is 105 Å². The van der Waals surface area contributed by atoms with Crippen LogP contribution in [0.2, 0.25) is 0 Å². The van der Waals surface area contributed by atoms with Crippen molar-refractivity contribution in [1.29, 1.82) is 0 Å². The minimum Gasteiger partial charge on any atom is -0.481 e. The number of anilines is 1. The lowest BCUT2D eigenvalue weighted by molar-refractivity contribution is -0.146. The molecule has 1 aliphatic carbocycles. The zero-order valence-corrected chi connectivity index (χ0v) is 9.74. The van der Waals surface area contributed by atoms with Crippen molar-refractivity contribution in [3.63, 3.8) is 0 Å². The Balaban J connectivity index is 2.08. The molecular weight excluding hydrogens is 232 g/mol. The van der Waals surface area contributed by atoms with Crippen LogP contribution in [0.15, 0.2) is 36.7 Å². The van der Waals surface area contributed by atoms with Crippen LogP contribution in [0.5, 0.6) is 0 Å². The number of carbonyl (C=O) groups excluding carboxylic acids is 1. The summed E-state index contributed by atoms with van der Waals surface area (Å²) in [7, 11) is 0. The van der Waals surface area contributed by atoms with Gasteiger partial charge in [0.05, 0.1) is 23.7 Å². The Morgan fingerprint density at radius 2 is 2.00 bits per heavy atom. The third-order valence-corrected chi connectivity index (χ3v) is 3.02. The molecule has 18 heavy (non-hydrogen) atoms. The van der Waals surface area contributed by atoms with Crippen LogP contribution >= 0.6 is 0 Å². The second-order valence-corrected chi connectivity index (χ2v) is 4.22. The van der Waals surface area contributed by atoms with Crippen LogP contribution in [0.3, 0.4) is 0 Å². The Morgan fingerprint density at radius 1 is 1.28 bits per heavy atom. The van der Waals surface area contributed by atoms with E-state index in [1.165, 1.54) is 6.20 Å². The lowest BCUT2D eigenvalue weighted by Crippen LogP contribution is -2.34. The van der Waals surface area contributed by atoms with E-state index in [4.69, 9.17) is 5.11 Å². The number of nitrogens with zero attached hydrogens (tertiary/aromatic N) is 1. The molecule has 0 radical (unpaired) electrons. The van der Waals surface area contributed by atoms with Gasteiger partial charge < -0.3 is 10.4 Å². The summed E-state index contributed by atoms with van der Waals surface area (Å²) in [5, 5.41) is 11.8. The number of amides is 1. The van der Waals surface area contributed by atoms with Gasteiger partial charge >= 0.3 is 5.97 Å². The molecule has 2 N–H and O–H groups in total. The number of aliphatic carboxylic acids is 1. The quantitative estimate of drug-likeness (QED) is 0.795. The van der Waals surface area contributed by atoms with E-state index in [0.717, 1.165) is 0 Å². The largest absolute Gasteiger partial charge is 0.481 e. The molecule has 0 aliphatic heterocycles. The molecule has 1 aliphatic rings. The number of allylic oxidation sites excluding steroid dienone is 2. The molecule has 2 rings (SSSR count). The average Bonchev–Trinajstić information content (AvgIpc) is 2.40. The van der Waals surface area contributed by atoms with Gasteiger partial charge in [-0.25, -0.2) is 0 Å². The normalized spacial score (nSPS) is 22.4. The molecule has 1 aromatic rings. The highest BCUT2D eigenvalue weighted by molar-refractivity contribution is 5.95. The monoisotopic (exact) mass is 246 g/mol. The van der Waals surface area contributed by atoms with E-state index in [1.807, 2.05) is 12.2 Å². The summed E-state index contributed by atoms with van der Waals surface area (Å²) in [5.74, 6) is -2.36. The molecule has 0 spiro atoms. The lowest BCUT2D eigenvalue weighted by atomic mass is 9.82. The summed E-state index contributed by atoms with van der Waals surface area (Å²) in [6, 6.07) is 3.43. The van der Waals surface area contributed by atoms with Gasteiger partial charge in [-0.3, -0.25) is 14.6 Å². The Hall–Kier alpha value is -2.17. The number of rotatable bonds is 3. The maximum Gasteiger partial charge on any atom is 0.307 e. The van der Waals surface area contributed by atoms with Gasteiger partial charge in [0.15, 0.2) is 0 Å². The lowest BCUT2D eigenvalue weighted by Gasteiger charge is -2.24. The van der Waals surface area contributed by atoms with Gasteiger partial charge in [0.2, 0.25) is 5.91 Å². The number of aromatic nitrogens is 1. The van der Waals surface area contributed by atoms with Gasteiger partial charge in [-0.05, 0) is 25.0 Å². The highest BCUT2D eigenvalue weighted by Gasteiger charge is 2.33. The zero-order chi connectivity index (χ0) is 13.0. The predicted molar refractivity (Wildman–Crippen MR) is 65.9 cm³/mol. The van der Waals surface area contributed by atoms with Crippen LogP contribution in [0.4, 0.5) is 5.69 Å². The molecule has 0 saturated heterocycles. The van der Waals surface area contributed by atoms with Crippen LogP contribution in [0, 0.1) is 11.8 Å². The van der Waals surface area contributed by atoms with Crippen molar-refractivity contribution in [1.82, 2.24) is 4.98 Å². The molecular formula is C13H14N2O3. The van der Waals surface area contributed by atoms with Gasteiger partial charge in [0.1, 0.15) is 0 Å². The Bertz CT molecular complexity index is 470. The molecule has 5 heteroatoms. The molecule has 1 amide bonds. The number of pyridine rings is 1. The predicted octanol–water partition coefficient (Wildman–Crippen LogP) is 1.69. The standard InChI is InChI=1S/C13H14N2O3/c16-12(15-9-4-3-7-14-8-9)10-5-1-2-6-11(10)13(17)18/h1-4,7-8,10-11H,5-6H2,(H,15,16)(H,17,18)/t10-,11+/m1/s1. The van der Waals surface area contributed by atoms with Crippen LogP contribution in [0.25, 0.3) is 0 Å². The minimum atomic E-state index is -0.925. The van der Waals surface area contributed by atoms with E-state index in [2.05, 4.69) is 10.3 Å². The first kappa shape index (κ1) is 12.3. The van der Waals surface area contributed by atoms with Gasteiger partial charge in [0, 0.05) is 6.20 Å². The maximum absolute atomic E-state index is 12.0. The third-order valence-electron chi connectivity index (χ3n) is 3.02. The molecule has 94 valence electrons. The van der Waals surface area contributed by atoms with Crippen molar-refractivity contribution in [2.24, 2.45) is 11.8 Å². The molecule has 0 fully saturated rings. The average molecular weight is 246 g/mol. The molecule has 1 aromatic heterocycles. The van der Waals surface area contributed by atoms with Crippen molar-refractivity contribution in [2.75, 3.05) is 5.32 Å². The summed E-state index contributed by atoms with van der Waals surface area (Å²) >= 11 is 0. The van der Waals surface area contributed by atoms with E-state index in [9.17, 15) is 9.59 Å². The van der Waals surface area contributed by atoms with Crippen LogP contribution in [0.1, 0.15) is 12.8 Å². The fourth-order valence-electron chi connectivity index (χ4n) is 2.05. The van der Waals surface area contributed by atoms with Crippen LogP contribution in [-0.2, 0) is 9.59 Å². The zero-order valence-electron chi connectivity index (χ0n) is 9.74. The first-order chi connectivity index (χ1) is 8.68. The topological polar surface area (TPSA) is 79.3 Å². The number of carboxylic acid groups (broad SMARTS) is 1. The maximum atomic E-state index is 12.0. The number of hydrogen-bond donors (Lipinski definition) is 2. The fourth-order valence-corrected chi connectivity index (χ4v) is 2.05.